The van der Waals surface area contributed by atoms with Gasteiger partial charge in [-0.3, -0.25) is 9.69 Å². The van der Waals surface area contributed by atoms with Gasteiger partial charge >= 0.3 is 0 Å². The quantitative estimate of drug-likeness (QED) is 0.534. The standard InChI is InChI=1S/C17H32N2OS2/c1-7-17(6,13(2)3)16(4,5)12-18-9-8-14(20)19-10-11-22-15(19)21/h13,18H,7-12H2,1-6H3. The normalized spacial score (nSPS) is 18.9. The Bertz CT molecular complexity index is 409. The highest BCUT2D eigenvalue weighted by Crippen LogP contribution is 2.46. The maximum atomic E-state index is 12.1. The van der Waals surface area contributed by atoms with Gasteiger partial charge in [0.1, 0.15) is 4.32 Å². The molecule has 1 aliphatic rings. The number of rotatable bonds is 8. The van der Waals surface area contributed by atoms with Crippen LogP contribution in [0, 0.1) is 16.7 Å². The lowest BCUT2D eigenvalue weighted by Crippen LogP contribution is -2.46. The Hall–Kier alpha value is -0.130. The van der Waals surface area contributed by atoms with Gasteiger partial charge in [-0.2, -0.15) is 0 Å². The van der Waals surface area contributed by atoms with Crippen LogP contribution in [0.25, 0.3) is 0 Å². The number of hydrogen-bond donors (Lipinski definition) is 1. The minimum absolute atomic E-state index is 0.155. The zero-order valence-electron chi connectivity index (χ0n) is 15.0. The fraction of sp³-hybridized carbons (Fsp3) is 0.882. The molecular weight excluding hydrogens is 312 g/mol. The average Bonchev–Trinajstić information content (AvgIpc) is 2.88. The summed E-state index contributed by atoms with van der Waals surface area (Å²) in [5.74, 6) is 1.73. The van der Waals surface area contributed by atoms with E-state index in [1.807, 2.05) is 0 Å². The molecule has 0 spiro atoms. The third-order valence-electron chi connectivity index (χ3n) is 5.70. The van der Waals surface area contributed by atoms with E-state index in [0.717, 1.165) is 36.1 Å². The second-order valence-corrected chi connectivity index (χ2v) is 9.12. The zero-order valence-corrected chi connectivity index (χ0v) is 16.6. The summed E-state index contributed by atoms with van der Waals surface area (Å²) in [4.78, 5) is 13.9. The van der Waals surface area contributed by atoms with Crippen LogP contribution >= 0.6 is 24.0 Å². The SMILES string of the molecule is CCC(C)(C(C)C)C(C)(C)CNCCC(=O)N1CCSC1=S. The summed E-state index contributed by atoms with van der Waals surface area (Å²) in [5.41, 5.74) is 0.481. The monoisotopic (exact) mass is 344 g/mol. The van der Waals surface area contributed by atoms with Crippen molar-refractivity contribution in [3.63, 3.8) is 0 Å². The fourth-order valence-corrected chi connectivity index (χ4v) is 4.46. The molecule has 1 rings (SSSR count). The van der Waals surface area contributed by atoms with Crippen molar-refractivity contribution < 1.29 is 4.79 Å². The average molecular weight is 345 g/mol. The van der Waals surface area contributed by atoms with E-state index in [4.69, 9.17) is 12.2 Å². The second kappa shape index (κ2) is 8.11. The van der Waals surface area contributed by atoms with Crippen LogP contribution in [-0.4, -0.2) is 40.5 Å². The smallest absolute Gasteiger partial charge is 0.229 e. The molecule has 5 heteroatoms. The number of carbonyl (C=O) groups excluding carboxylic acids is 1. The molecule has 1 fully saturated rings. The molecule has 3 nitrogen and oxygen atoms in total. The molecule has 1 N–H and O–H groups in total. The molecule has 1 unspecified atom stereocenters. The van der Waals surface area contributed by atoms with Crippen molar-refractivity contribution in [3.05, 3.63) is 0 Å². The van der Waals surface area contributed by atoms with Crippen LogP contribution in [0.4, 0.5) is 0 Å². The van der Waals surface area contributed by atoms with Crippen molar-refractivity contribution in [1.82, 2.24) is 10.2 Å². The minimum Gasteiger partial charge on any atom is -0.316 e. The number of amides is 1. The molecule has 0 aromatic carbocycles. The van der Waals surface area contributed by atoms with Crippen LogP contribution in [0.15, 0.2) is 0 Å². The molecule has 1 aliphatic heterocycles. The molecule has 0 aromatic heterocycles. The summed E-state index contributed by atoms with van der Waals surface area (Å²) in [6, 6.07) is 0. The molecule has 1 saturated heterocycles. The first kappa shape index (κ1) is 19.9. The van der Waals surface area contributed by atoms with E-state index in [9.17, 15) is 4.79 Å². The summed E-state index contributed by atoms with van der Waals surface area (Å²) >= 11 is 6.80. The van der Waals surface area contributed by atoms with E-state index in [0.29, 0.717) is 12.3 Å². The number of hydrogen-bond acceptors (Lipinski definition) is 4. The van der Waals surface area contributed by atoms with E-state index in [-0.39, 0.29) is 16.7 Å². The number of nitrogens with zero attached hydrogens (tertiary/aromatic N) is 1. The van der Waals surface area contributed by atoms with Crippen molar-refractivity contribution in [2.45, 2.75) is 54.4 Å². The number of nitrogens with one attached hydrogen (secondary N) is 1. The first-order valence-electron chi connectivity index (χ1n) is 8.33. The van der Waals surface area contributed by atoms with Crippen LogP contribution < -0.4 is 5.32 Å². The van der Waals surface area contributed by atoms with Gasteiger partial charge in [0.05, 0.1) is 0 Å². The number of carbonyl (C=O) groups is 1. The van der Waals surface area contributed by atoms with Gasteiger partial charge in [-0.1, -0.05) is 65.5 Å². The van der Waals surface area contributed by atoms with E-state index in [1.54, 1.807) is 16.7 Å². The number of thioether (sulfide) groups is 1. The topological polar surface area (TPSA) is 32.3 Å². The van der Waals surface area contributed by atoms with Crippen LogP contribution in [0.3, 0.4) is 0 Å². The third kappa shape index (κ3) is 4.45. The summed E-state index contributed by atoms with van der Waals surface area (Å²) in [7, 11) is 0. The molecule has 0 aliphatic carbocycles. The first-order chi connectivity index (χ1) is 10.2. The van der Waals surface area contributed by atoms with Gasteiger partial charge in [0.25, 0.3) is 0 Å². The largest absolute Gasteiger partial charge is 0.316 e. The van der Waals surface area contributed by atoms with Crippen molar-refractivity contribution in [3.8, 4) is 0 Å². The summed E-state index contributed by atoms with van der Waals surface area (Å²) in [5, 5.41) is 3.49. The predicted octanol–water partition coefficient (Wildman–Crippen LogP) is 3.92. The van der Waals surface area contributed by atoms with Gasteiger partial charge in [-0.15, -0.1) is 0 Å². The van der Waals surface area contributed by atoms with Gasteiger partial charge in [0.15, 0.2) is 0 Å². The lowest BCUT2D eigenvalue weighted by molar-refractivity contribution is -0.126. The highest BCUT2D eigenvalue weighted by atomic mass is 32.2. The Morgan fingerprint density at radius 3 is 2.50 bits per heavy atom. The highest BCUT2D eigenvalue weighted by Gasteiger charge is 2.41. The van der Waals surface area contributed by atoms with E-state index < -0.39 is 0 Å². The van der Waals surface area contributed by atoms with E-state index in [2.05, 4.69) is 46.9 Å². The van der Waals surface area contributed by atoms with Gasteiger partial charge < -0.3 is 5.32 Å². The Balaban J connectivity index is 2.43. The maximum Gasteiger partial charge on any atom is 0.229 e. The molecule has 0 bridgehead atoms. The van der Waals surface area contributed by atoms with Crippen molar-refractivity contribution in [2.75, 3.05) is 25.4 Å². The molecule has 0 saturated carbocycles. The van der Waals surface area contributed by atoms with Crippen molar-refractivity contribution >= 4 is 34.2 Å². The highest BCUT2D eigenvalue weighted by molar-refractivity contribution is 8.23. The zero-order chi connectivity index (χ0) is 17.0. The molecule has 22 heavy (non-hydrogen) atoms. The summed E-state index contributed by atoms with van der Waals surface area (Å²) in [6.07, 6.45) is 1.69. The van der Waals surface area contributed by atoms with Gasteiger partial charge in [-0.25, -0.2) is 0 Å². The van der Waals surface area contributed by atoms with E-state index in [1.165, 1.54) is 0 Å². The second-order valence-electron chi connectivity index (χ2n) is 7.40. The lowest BCUT2D eigenvalue weighted by atomic mass is 9.59. The fourth-order valence-electron chi connectivity index (χ4n) is 3.22. The van der Waals surface area contributed by atoms with Crippen molar-refractivity contribution in [1.29, 1.82) is 0 Å². The van der Waals surface area contributed by atoms with Gasteiger partial charge in [0, 0.05) is 31.8 Å². The van der Waals surface area contributed by atoms with Crippen LogP contribution in [-0.2, 0) is 4.79 Å². The molecule has 1 heterocycles. The van der Waals surface area contributed by atoms with Crippen LogP contribution in [0.1, 0.15) is 54.4 Å². The summed E-state index contributed by atoms with van der Waals surface area (Å²) in [6.45, 7) is 16.4. The molecule has 1 atom stereocenters. The van der Waals surface area contributed by atoms with Crippen molar-refractivity contribution in [2.24, 2.45) is 16.7 Å². The minimum atomic E-state index is 0.155. The Kier molecular flexibility index (Phi) is 7.34. The first-order valence-corrected chi connectivity index (χ1v) is 9.73. The molecule has 0 aromatic rings. The number of thiocarbonyl (C=S) groups is 1. The predicted molar refractivity (Wildman–Crippen MR) is 101 cm³/mol. The van der Waals surface area contributed by atoms with Crippen LogP contribution in [0.2, 0.25) is 0 Å². The third-order valence-corrected chi connectivity index (χ3v) is 7.13. The Morgan fingerprint density at radius 2 is 2.05 bits per heavy atom. The molecule has 1 amide bonds. The molecule has 0 radical (unpaired) electrons. The van der Waals surface area contributed by atoms with Gasteiger partial charge in [0.2, 0.25) is 5.91 Å². The maximum absolute atomic E-state index is 12.1. The Morgan fingerprint density at radius 1 is 1.41 bits per heavy atom. The Labute approximate surface area is 146 Å². The molecular formula is C17H32N2OS2. The van der Waals surface area contributed by atoms with Gasteiger partial charge in [-0.05, 0) is 23.2 Å². The lowest BCUT2D eigenvalue weighted by Gasteiger charge is -2.47. The summed E-state index contributed by atoms with van der Waals surface area (Å²) < 4.78 is 0.740. The van der Waals surface area contributed by atoms with Crippen LogP contribution in [0.5, 0.6) is 0 Å². The molecule has 128 valence electrons. The van der Waals surface area contributed by atoms with E-state index >= 15 is 0 Å².